The number of nitrogens with one attached hydrogen (secondary N) is 2. The molecule has 0 atom stereocenters. The molecule has 0 fully saturated rings. The van der Waals surface area contributed by atoms with Gasteiger partial charge in [0.05, 0.1) is 5.69 Å². The van der Waals surface area contributed by atoms with Gasteiger partial charge in [0.15, 0.2) is 5.11 Å². The number of hydrogen-bond acceptors (Lipinski definition) is 3. The molecule has 27 heavy (non-hydrogen) atoms. The van der Waals surface area contributed by atoms with Crippen molar-refractivity contribution in [3.05, 3.63) is 102 Å². The fourth-order valence-corrected chi connectivity index (χ4v) is 2.40. The standard InChI is InChI=1S/C21H17FN4S/c22-17-10-12-18(13-11-17)24-21(27)26-25-20(19-8-4-5-15-23-19)14-9-16-6-2-1-3-7-16/h1-15H,(H2,24,26,27)/b14-9+,25-20+. The molecule has 4 nitrogen and oxygen atoms in total. The summed E-state index contributed by atoms with van der Waals surface area (Å²) in [5.74, 6) is -0.305. The van der Waals surface area contributed by atoms with Crippen molar-refractivity contribution in [2.45, 2.75) is 0 Å². The lowest BCUT2D eigenvalue weighted by Crippen LogP contribution is -2.25. The van der Waals surface area contributed by atoms with Gasteiger partial charge in [-0.05, 0) is 60.3 Å². The lowest BCUT2D eigenvalue weighted by molar-refractivity contribution is 0.628. The summed E-state index contributed by atoms with van der Waals surface area (Å²) in [6.45, 7) is 0. The fourth-order valence-electron chi connectivity index (χ4n) is 2.24. The van der Waals surface area contributed by atoms with Gasteiger partial charge in [0.2, 0.25) is 0 Å². The highest BCUT2D eigenvalue weighted by molar-refractivity contribution is 7.80. The second kappa shape index (κ2) is 9.35. The smallest absolute Gasteiger partial charge is 0.191 e. The first-order chi connectivity index (χ1) is 13.2. The highest BCUT2D eigenvalue weighted by Gasteiger charge is 2.03. The zero-order valence-corrected chi connectivity index (χ0v) is 15.2. The molecule has 0 radical (unpaired) electrons. The number of allylic oxidation sites excluding steroid dienone is 1. The maximum Gasteiger partial charge on any atom is 0.191 e. The Bertz CT molecular complexity index is 939. The predicted octanol–water partition coefficient (Wildman–Crippen LogP) is 4.62. The summed E-state index contributed by atoms with van der Waals surface area (Å²) >= 11 is 5.25. The summed E-state index contributed by atoms with van der Waals surface area (Å²) in [4.78, 5) is 4.34. The van der Waals surface area contributed by atoms with Crippen LogP contribution >= 0.6 is 12.2 Å². The summed E-state index contributed by atoms with van der Waals surface area (Å²) < 4.78 is 13.0. The Kier molecular flexibility index (Phi) is 6.38. The summed E-state index contributed by atoms with van der Waals surface area (Å²) in [5.41, 5.74) is 5.86. The number of rotatable bonds is 5. The van der Waals surface area contributed by atoms with Gasteiger partial charge in [0.25, 0.3) is 0 Å². The summed E-state index contributed by atoms with van der Waals surface area (Å²) in [7, 11) is 0. The third-order valence-electron chi connectivity index (χ3n) is 3.54. The number of hydrazone groups is 1. The van der Waals surface area contributed by atoms with Gasteiger partial charge in [-0.25, -0.2) is 4.39 Å². The van der Waals surface area contributed by atoms with Crippen LogP contribution in [0.5, 0.6) is 0 Å². The van der Waals surface area contributed by atoms with E-state index in [-0.39, 0.29) is 5.82 Å². The van der Waals surface area contributed by atoms with Crippen LogP contribution in [0.15, 0.2) is 90.2 Å². The molecule has 0 saturated carbocycles. The van der Waals surface area contributed by atoms with Crippen molar-refractivity contribution in [1.29, 1.82) is 0 Å². The van der Waals surface area contributed by atoms with Gasteiger partial charge < -0.3 is 5.32 Å². The Morgan fingerprint density at radius 1 is 0.963 bits per heavy atom. The van der Waals surface area contributed by atoms with Crippen LogP contribution in [0.1, 0.15) is 11.3 Å². The van der Waals surface area contributed by atoms with Gasteiger partial charge in [-0.15, -0.1) is 0 Å². The maximum atomic E-state index is 13.0. The predicted molar refractivity (Wildman–Crippen MR) is 112 cm³/mol. The van der Waals surface area contributed by atoms with Crippen molar-refractivity contribution in [3.63, 3.8) is 0 Å². The molecule has 1 heterocycles. The average Bonchev–Trinajstić information content (AvgIpc) is 2.71. The van der Waals surface area contributed by atoms with Gasteiger partial charge in [-0.3, -0.25) is 10.4 Å². The summed E-state index contributed by atoms with van der Waals surface area (Å²) in [6.07, 6.45) is 5.52. The molecule has 0 unspecified atom stereocenters. The molecule has 6 heteroatoms. The molecule has 1 aromatic heterocycles. The average molecular weight is 376 g/mol. The monoisotopic (exact) mass is 376 g/mol. The molecule has 0 spiro atoms. The van der Waals surface area contributed by atoms with Crippen LogP contribution in [-0.4, -0.2) is 15.8 Å². The lowest BCUT2D eigenvalue weighted by Gasteiger charge is -2.08. The molecule has 0 saturated heterocycles. The van der Waals surface area contributed by atoms with E-state index in [0.717, 1.165) is 5.56 Å². The fraction of sp³-hybridized carbons (Fsp3) is 0. The van der Waals surface area contributed by atoms with Crippen LogP contribution in [0, 0.1) is 5.82 Å². The van der Waals surface area contributed by atoms with Crippen molar-refractivity contribution in [2.24, 2.45) is 5.10 Å². The maximum absolute atomic E-state index is 13.0. The van der Waals surface area contributed by atoms with Crippen LogP contribution < -0.4 is 10.7 Å². The van der Waals surface area contributed by atoms with Crippen molar-refractivity contribution >= 4 is 34.8 Å². The first-order valence-electron chi connectivity index (χ1n) is 8.25. The van der Waals surface area contributed by atoms with Crippen LogP contribution in [0.3, 0.4) is 0 Å². The van der Waals surface area contributed by atoms with E-state index in [2.05, 4.69) is 20.8 Å². The normalized spacial score (nSPS) is 11.4. The van der Waals surface area contributed by atoms with Crippen LogP contribution in [-0.2, 0) is 0 Å². The largest absolute Gasteiger partial charge is 0.331 e. The van der Waals surface area contributed by atoms with E-state index in [1.807, 2.05) is 60.7 Å². The van der Waals surface area contributed by atoms with Crippen molar-refractivity contribution in [3.8, 4) is 0 Å². The summed E-state index contributed by atoms with van der Waals surface area (Å²) in [6, 6.07) is 21.4. The molecule has 2 aromatic carbocycles. The molecule has 0 bridgehead atoms. The van der Waals surface area contributed by atoms with Crippen LogP contribution in [0.4, 0.5) is 10.1 Å². The first kappa shape index (κ1) is 18.4. The second-order valence-electron chi connectivity index (χ2n) is 5.53. The Balaban J connectivity index is 1.74. The van der Waals surface area contributed by atoms with Gasteiger partial charge in [0, 0.05) is 11.9 Å². The molecule has 3 rings (SSSR count). The van der Waals surface area contributed by atoms with Crippen molar-refractivity contribution < 1.29 is 4.39 Å². The molecule has 0 amide bonds. The van der Waals surface area contributed by atoms with Crippen LogP contribution in [0.2, 0.25) is 0 Å². The number of hydrogen-bond donors (Lipinski definition) is 2. The van der Waals surface area contributed by atoms with E-state index in [1.54, 1.807) is 18.3 Å². The van der Waals surface area contributed by atoms with E-state index in [9.17, 15) is 4.39 Å². The zero-order valence-electron chi connectivity index (χ0n) is 14.3. The minimum absolute atomic E-state index is 0.295. The van der Waals surface area contributed by atoms with Gasteiger partial charge in [0.1, 0.15) is 11.5 Å². The molecular weight excluding hydrogens is 359 g/mol. The van der Waals surface area contributed by atoms with E-state index in [0.29, 0.717) is 22.2 Å². The third-order valence-corrected chi connectivity index (χ3v) is 3.73. The molecule has 0 aliphatic rings. The van der Waals surface area contributed by atoms with E-state index < -0.39 is 0 Å². The zero-order chi connectivity index (χ0) is 18.9. The molecule has 0 aliphatic carbocycles. The topological polar surface area (TPSA) is 49.3 Å². The number of benzene rings is 2. The highest BCUT2D eigenvalue weighted by Crippen LogP contribution is 2.08. The Labute approximate surface area is 162 Å². The third kappa shape index (κ3) is 5.83. The number of halogens is 1. The van der Waals surface area contributed by atoms with Gasteiger partial charge >= 0.3 is 0 Å². The molecule has 2 N–H and O–H groups in total. The number of nitrogens with zero attached hydrogens (tertiary/aromatic N) is 2. The molecule has 0 aliphatic heterocycles. The Morgan fingerprint density at radius 2 is 1.70 bits per heavy atom. The highest BCUT2D eigenvalue weighted by atomic mass is 32.1. The van der Waals surface area contributed by atoms with E-state index >= 15 is 0 Å². The summed E-state index contributed by atoms with van der Waals surface area (Å²) in [5, 5.41) is 7.61. The van der Waals surface area contributed by atoms with Gasteiger partial charge in [-0.2, -0.15) is 5.10 Å². The number of thiocarbonyl (C=S) groups is 1. The SMILES string of the molecule is Fc1ccc(NC(=S)N/N=C(\C=C\c2ccccc2)c2ccccn2)cc1. The van der Waals surface area contributed by atoms with E-state index in [1.165, 1.54) is 12.1 Å². The molecule has 134 valence electrons. The van der Waals surface area contributed by atoms with Crippen molar-refractivity contribution in [2.75, 3.05) is 5.32 Å². The minimum Gasteiger partial charge on any atom is -0.331 e. The van der Waals surface area contributed by atoms with Crippen LogP contribution in [0.25, 0.3) is 6.08 Å². The number of anilines is 1. The second-order valence-corrected chi connectivity index (χ2v) is 5.94. The first-order valence-corrected chi connectivity index (χ1v) is 8.66. The van der Waals surface area contributed by atoms with Crippen molar-refractivity contribution in [1.82, 2.24) is 10.4 Å². The number of pyridine rings is 1. The Morgan fingerprint density at radius 3 is 2.41 bits per heavy atom. The lowest BCUT2D eigenvalue weighted by atomic mass is 10.1. The minimum atomic E-state index is -0.305. The van der Waals surface area contributed by atoms with E-state index in [4.69, 9.17) is 12.2 Å². The van der Waals surface area contributed by atoms with Gasteiger partial charge in [-0.1, -0.05) is 42.5 Å². The molecule has 3 aromatic rings. The Hall–Kier alpha value is -3.38. The quantitative estimate of drug-likeness (QED) is 0.387. The molecular formula is C21H17FN4S. The number of aromatic nitrogens is 1.